The Labute approximate surface area is 144 Å². The van der Waals surface area contributed by atoms with Crippen LogP contribution in [0.1, 0.15) is 0 Å². The first kappa shape index (κ1) is 13.6. The predicted molar refractivity (Wildman–Crippen MR) is 104 cm³/mol. The number of fused-ring (bicyclic) bond motifs is 3. The van der Waals surface area contributed by atoms with Gasteiger partial charge in [0.05, 0.1) is 11.0 Å². The quantitative estimate of drug-likeness (QED) is 0.348. The first-order valence-corrected chi connectivity index (χ1v) is 8.92. The molecule has 0 bridgehead atoms. The van der Waals surface area contributed by atoms with Crippen LogP contribution >= 0.6 is 11.3 Å². The summed E-state index contributed by atoms with van der Waals surface area (Å²) in [5.41, 5.74) is 4.99. The zero-order chi connectivity index (χ0) is 15.9. The van der Waals surface area contributed by atoms with Crippen molar-refractivity contribution in [3.05, 3.63) is 90.3 Å². The standard InChI is InChI=1S/C22H15NS/c1-2-7-17(8-3-1)23-20-10-5-4-9-18(20)19-15-16(12-13-21(19)23)22-11-6-14-24-22/h1-15H. The molecule has 24 heavy (non-hydrogen) atoms. The smallest absolute Gasteiger partial charge is 0.0541 e. The Balaban J connectivity index is 1.89. The number of rotatable bonds is 2. The lowest BCUT2D eigenvalue weighted by Gasteiger charge is -2.07. The minimum Gasteiger partial charge on any atom is -0.309 e. The summed E-state index contributed by atoms with van der Waals surface area (Å²) in [6, 6.07) is 30.3. The van der Waals surface area contributed by atoms with Crippen molar-refractivity contribution in [2.24, 2.45) is 0 Å². The van der Waals surface area contributed by atoms with Crippen molar-refractivity contribution in [1.82, 2.24) is 4.57 Å². The van der Waals surface area contributed by atoms with E-state index in [4.69, 9.17) is 0 Å². The van der Waals surface area contributed by atoms with Gasteiger partial charge in [0.2, 0.25) is 0 Å². The second-order valence-corrected chi connectivity index (χ2v) is 6.85. The minimum absolute atomic E-state index is 1.20. The Bertz CT molecular complexity index is 1130. The van der Waals surface area contributed by atoms with Gasteiger partial charge in [0.1, 0.15) is 0 Å². The maximum absolute atomic E-state index is 2.35. The normalized spacial score (nSPS) is 11.3. The van der Waals surface area contributed by atoms with Crippen LogP contribution in [0, 0.1) is 0 Å². The topological polar surface area (TPSA) is 4.93 Å². The van der Waals surface area contributed by atoms with E-state index in [1.165, 1.54) is 37.9 Å². The molecule has 2 aromatic heterocycles. The predicted octanol–water partition coefficient (Wildman–Crippen LogP) is 6.51. The van der Waals surface area contributed by atoms with Gasteiger partial charge >= 0.3 is 0 Å². The van der Waals surface area contributed by atoms with Crippen molar-refractivity contribution in [2.75, 3.05) is 0 Å². The fraction of sp³-hybridized carbons (Fsp3) is 0. The van der Waals surface area contributed by atoms with Crippen molar-refractivity contribution >= 4 is 33.1 Å². The van der Waals surface area contributed by atoms with Crippen molar-refractivity contribution in [1.29, 1.82) is 0 Å². The first-order chi connectivity index (χ1) is 11.9. The van der Waals surface area contributed by atoms with Gasteiger partial charge in [-0.05, 0) is 47.3 Å². The second kappa shape index (κ2) is 5.36. The third kappa shape index (κ3) is 2.00. The summed E-state index contributed by atoms with van der Waals surface area (Å²) in [4.78, 5) is 1.31. The Hall–Kier alpha value is -2.84. The van der Waals surface area contributed by atoms with Crippen molar-refractivity contribution < 1.29 is 0 Å². The summed E-state index contributed by atoms with van der Waals surface area (Å²) in [7, 11) is 0. The molecule has 114 valence electrons. The molecule has 0 aliphatic rings. The van der Waals surface area contributed by atoms with Crippen molar-refractivity contribution in [2.45, 2.75) is 0 Å². The lowest BCUT2D eigenvalue weighted by molar-refractivity contribution is 1.18. The zero-order valence-electron chi connectivity index (χ0n) is 13.0. The van der Waals surface area contributed by atoms with Crippen LogP contribution in [0.2, 0.25) is 0 Å². The Kier molecular flexibility index (Phi) is 3.03. The Morgan fingerprint density at radius 3 is 2.25 bits per heavy atom. The van der Waals surface area contributed by atoms with Crippen LogP contribution in [0.15, 0.2) is 90.3 Å². The molecule has 1 nitrogen and oxygen atoms in total. The number of nitrogens with zero attached hydrogens (tertiary/aromatic N) is 1. The van der Waals surface area contributed by atoms with E-state index in [9.17, 15) is 0 Å². The Morgan fingerprint density at radius 1 is 0.625 bits per heavy atom. The molecule has 0 aliphatic heterocycles. The van der Waals surface area contributed by atoms with Gasteiger partial charge in [0, 0.05) is 21.3 Å². The lowest BCUT2D eigenvalue weighted by Crippen LogP contribution is -1.92. The highest BCUT2D eigenvalue weighted by Crippen LogP contribution is 2.35. The summed E-state index contributed by atoms with van der Waals surface area (Å²) < 4.78 is 2.35. The van der Waals surface area contributed by atoms with Crippen LogP contribution in [-0.2, 0) is 0 Å². The molecule has 5 aromatic rings. The van der Waals surface area contributed by atoms with Gasteiger partial charge in [0.15, 0.2) is 0 Å². The van der Waals surface area contributed by atoms with E-state index < -0.39 is 0 Å². The monoisotopic (exact) mass is 325 g/mol. The molecule has 0 fully saturated rings. The Morgan fingerprint density at radius 2 is 1.42 bits per heavy atom. The number of hydrogen-bond acceptors (Lipinski definition) is 1. The van der Waals surface area contributed by atoms with Gasteiger partial charge in [-0.25, -0.2) is 0 Å². The van der Waals surface area contributed by atoms with Crippen LogP contribution < -0.4 is 0 Å². The maximum atomic E-state index is 2.35. The van der Waals surface area contributed by atoms with Crippen LogP contribution in [0.25, 0.3) is 37.9 Å². The van der Waals surface area contributed by atoms with Gasteiger partial charge in [-0.3, -0.25) is 0 Å². The summed E-state index contributed by atoms with van der Waals surface area (Å²) in [5, 5.41) is 4.74. The van der Waals surface area contributed by atoms with Crippen molar-refractivity contribution in [3.63, 3.8) is 0 Å². The molecule has 0 spiro atoms. The number of thiophene rings is 1. The van der Waals surface area contributed by atoms with E-state index in [1.807, 2.05) is 0 Å². The maximum Gasteiger partial charge on any atom is 0.0541 e. The largest absolute Gasteiger partial charge is 0.309 e. The molecule has 2 heterocycles. The van der Waals surface area contributed by atoms with Gasteiger partial charge in [-0.15, -0.1) is 11.3 Å². The summed E-state index contributed by atoms with van der Waals surface area (Å²) >= 11 is 1.79. The van der Waals surface area contributed by atoms with E-state index in [-0.39, 0.29) is 0 Å². The molecule has 2 heteroatoms. The van der Waals surface area contributed by atoms with Crippen LogP contribution in [-0.4, -0.2) is 4.57 Å². The molecule has 0 atom stereocenters. The van der Waals surface area contributed by atoms with Crippen LogP contribution in [0.3, 0.4) is 0 Å². The van der Waals surface area contributed by atoms with Gasteiger partial charge in [-0.2, -0.15) is 0 Å². The molecule has 0 amide bonds. The fourth-order valence-electron chi connectivity index (χ4n) is 3.42. The van der Waals surface area contributed by atoms with Gasteiger partial charge < -0.3 is 4.57 Å². The SMILES string of the molecule is c1ccc(-n2c3ccccc3c3cc(-c4cccs4)ccc32)cc1. The van der Waals surface area contributed by atoms with E-state index in [2.05, 4.69) is 94.9 Å². The summed E-state index contributed by atoms with van der Waals surface area (Å²) in [6.45, 7) is 0. The van der Waals surface area contributed by atoms with Crippen LogP contribution in [0.5, 0.6) is 0 Å². The average Bonchev–Trinajstić information content (AvgIpc) is 3.28. The third-order valence-electron chi connectivity index (χ3n) is 4.49. The highest BCUT2D eigenvalue weighted by molar-refractivity contribution is 7.13. The first-order valence-electron chi connectivity index (χ1n) is 8.04. The van der Waals surface area contributed by atoms with Gasteiger partial charge in [0.25, 0.3) is 0 Å². The summed E-state index contributed by atoms with van der Waals surface area (Å²) in [6.07, 6.45) is 0. The van der Waals surface area contributed by atoms with E-state index in [0.717, 1.165) is 0 Å². The molecule has 5 rings (SSSR count). The molecular weight excluding hydrogens is 310 g/mol. The summed E-state index contributed by atoms with van der Waals surface area (Å²) in [5.74, 6) is 0. The van der Waals surface area contributed by atoms with Crippen LogP contribution in [0.4, 0.5) is 0 Å². The van der Waals surface area contributed by atoms with E-state index >= 15 is 0 Å². The van der Waals surface area contributed by atoms with E-state index in [0.29, 0.717) is 0 Å². The molecule has 0 N–H and O–H groups in total. The molecule has 0 aliphatic carbocycles. The molecule has 3 aromatic carbocycles. The molecule has 0 saturated carbocycles. The highest BCUT2D eigenvalue weighted by Gasteiger charge is 2.12. The third-order valence-corrected chi connectivity index (χ3v) is 5.41. The molecule has 0 radical (unpaired) electrons. The lowest BCUT2D eigenvalue weighted by atomic mass is 10.1. The molecule has 0 unspecified atom stereocenters. The van der Waals surface area contributed by atoms with Gasteiger partial charge in [-0.1, -0.05) is 48.5 Å². The molecule has 0 saturated heterocycles. The highest BCUT2D eigenvalue weighted by atomic mass is 32.1. The number of hydrogen-bond donors (Lipinski definition) is 0. The number of benzene rings is 3. The zero-order valence-corrected chi connectivity index (χ0v) is 13.8. The molecular formula is C22H15NS. The number of aromatic nitrogens is 1. The second-order valence-electron chi connectivity index (χ2n) is 5.90. The minimum atomic E-state index is 1.20. The van der Waals surface area contributed by atoms with E-state index in [1.54, 1.807) is 11.3 Å². The fourth-order valence-corrected chi connectivity index (χ4v) is 4.15. The number of para-hydroxylation sites is 2. The van der Waals surface area contributed by atoms with Crippen molar-refractivity contribution in [3.8, 4) is 16.1 Å². The average molecular weight is 325 g/mol.